The van der Waals surface area contributed by atoms with Gasteiger partial charge in [0.05, 0.1) is 12.0 Å². The van der Waals surface area contributed by atoms with E-state index >= 15 is 0 Å². The summed E-state index contributed by atoms with van der Waals surface area (Å²) in [5.74, 6) is 2.01. The number of nitriles is 1. The fraction of sp³-hybridized carbons (Fsp3) is 0.909. The predicted molar refractivity (Wildman–Crippen MR) is 60.1 cm³/mol. The molecule has 1 rings (SSSR count). The van der Waals surface area contributed by atoms with Crippen molar-refractivity contribution >= 4 is 11.8 Å². The molecule has 0 aromatic carbocycles. The first kappa shape index (κ1) is 11.9. The zero-order chi connectivity index (χ0) is 10.4. The average molecular weight is 213 g/mol. The van der Waals surface area contributed by atoms with Gasteiger partial charge in [0, 0.05) is 11.9 Å². The highest BCUT2D eigenvalue weighted by atomic mass is 32.2. The van der Waals surface area contributed by atoms with Crippen molar-refractivity contribution in [2.75, 3.05) is 12.4 Å². The zero-order valence-electron chi connectivity index (χ0n) is 8.78. The smallest absolute Gasteiger partial charge is 0.0667 e. The lowest BCUT2D eigenvalue weighted by molar-refractivity contribution is 0.296. The normalized spacial score (nSPS) is 32.5. The zero-order valence-corrected chi connectivity index (χ0v) is 9.59. The van der Waals surface area contributed by atoms with Crippen LogP contribution in [0.1, 0.15) is 32.6 Å². The third-order valence-corrected chi connectivity index (χ3v) is 4.33. The second-order valence-corrected chi connectivity index (χ2v) is 5.49. The van der Waals surface area contributed by atoms with Crippen molar-refractivity contribution in [3.63, 3.8) is 0 Å². The van der Waals surface area contributed by atoms with Gasteiger partial charge in [-0.2, -0.15) is 17.0 Å². The number of thioether (sulfide) groups is 1. The Labute approximate surface area is 90.7 Å². The molecule has 0 amide bonds. The summed E-state index contributed by atoms with van der Waals surface area (Å²) in [4.78, 5) is 0. The quantitative estimate of drug-likeness (QED) is 0.729. The summed E-state index contributed by atoms with van der Waals surface area (Å²) in [5, 5.41) is 18.2. The van der Waals surface area contributed by atoms with Crippen LogP contribution in [-0.2, 0) is 0 Å². The minimum Gasteiger partial charge on any atom is -0.396 e. The molecule has 0 spiro atoms. The molecule has 3 heteroatoms. The summed E-state index contributed by atoms with van der Waals surface area (Å²) in [5.41, 5.74) is 0. The molecule has 1 fully saturated rings. The van der Waals surface area contributed by atoms with E-state index in [0.717, 1.165) is 24.5 Å². The van der Waals surface area contributed by atoms with E-state index in [-0.39, 0.29) is 12.5 Å². The first-order chi connectivity index (χ1) is 6.77. The van der Waals surface area contributed by atoms with Crippen LogP contribution >= 0.6 is 11.8 Å². The molecule has 0 aromatic rings. The number of aliphatic hydroxyl groups is 1. The van der Waals surface area contributed by atoms with Gasteiger partial charge < -0.3 is 5.11 Å². The summed E-state index contributed by atoms with van der Waals surface area (Å²) >= 11 is 1.88. The molecule has 1 N–H and O–H groups in total. The highest BCUT2D eigenvalue weighted by Gasteiger charge is 2.28. The molecule has 1 aliphatic carbocycles. The van der Waals surface area contributed by atoms with E-state index in [9.17, 15) is 0 Å². The Morgan fingerprint density at radius 2 is 2.29 bits per heavy atom. The Morgan fingerprint density at radius 3 is 2.93 bits per heavy atom. The van der Waals surface area contributed by atoms with Crippen LogP contribution in [0.3, 0.4) is 0 Å². The van der Waals surface area contributed by atoms with Crippen LogP contribution in [0.4, 0.5) is 0 Å². The topological polar surface area (TPSA) is 44.0 Å². The average Bonchev–Trinajstić information content (AvgIpc) is 2.19. The van der Waals surface area contributed by atoms with Crippen molar-refractivity contribution < 1.29 is 5.11 Å². The summed E-state index contributed by atoms with van der Waals surface area (Å²) in [6, 6.07) is 2.42. The number of rotatable bonds is 4. The molecular formula is C11H19NOS. The minimum atomic E-state index is 0.245. The number of nitrogens with zero attached hydrogens (tertiary/aromatic N) is 1. The van der Waals surface area contributed by atoms with Gasteiger partial charge in [0.15, 0.2) is 0 Å². The van der Waals surface area contributed by atoms with Crippen LogP contribution in [0.15, 0.2) is 0 Å². The minimum absolute atomic E-state index is 0.245. The van der Waals surface area contributed by atoms with E-state index in [2.05, 4.69) is 13.0 Å². The Morgan fingerprint density at radius 1 is 1.50 bits per heavy atom. The van der Waals surface area contributed by atoms with Crippen LogP contribution in [0, 0.1) is 23.2 Å². The van der Waals surface area contributed by atoms with Crippen molar-refractivity contribution in [2.24, 2.45) is 11.8 Å². The SMILES string of the molecule is CC1CCC(C#N)C(SCCCO)C1. The van der Waals surface area contributed by atoms with Gasteiger partial charge in [-0.3, -0.25) is 0 Å². The maximum Gasteiger partial charge on any atom is 0.0667 e. The Bertz CT molecular complexity index is 202. The van der Waals surface area contributed by atoms with Crippen molar-refractivity contribution in [3.05, 3.63) is 0 Å². The fourth-order valence-electron chi connectivity index (χ4n) is 1.96. The van der Waals surface area contributed by atoms with Gasteiger partial charge in [0.2, 0.25) is 0 Å². The molecule has 3 unspecified atom stereocenters. The van der Waals surface area contributed by atoms with E-state index in [4.69, 9.17) is 10.4 Å². The Hall–Kier alpha value is -0.200. The van der Waals surface area contributed by atoms with Crippen molar-refractivity contribution in [1.82, 2.24) is 0 Å². The van der Waals surface area contributed by atoms with Crippen LogP contribution < -0.4 is 0 Å². The molecule has 14 heavy (non-hydrogen) atoms. The standard InChI is InChI=1S/C11H19NOS/c1-9-3-4-10(8-12)11(7-9)14-6-2-5-13/h9-11,13H,2-7H2,1H3. The highest BCUT2D eigenvalue weighted by molar-refractivity contribution is 7.99. The molecule has 0 radical (unpaired) electrons. The Kier molecular flexibility index (Phi) is 5.36. The van der Waals surface area contributed by atoms with Gasteiger partial charge >= 0.3 is 0 Å². The van der Waals surface area contributed by atoms with Crippen LogP contribution in [0.5, 0.6) is 0 Å². The summed E-state index contributed by atoms with van der Waals surface area (Å²) < 4.78 is 0. The lowest BCUT2D eigenvalue weighted by atomic mass is 9.83. The maximum absolute atomic E-state index is 8.99. The van der Waals surface area contributed by atoms with Crippen LogP contribution in [0.25, 0.3) is 0 Å². The van der Waals surface area contributed by atoms with Crippen molar-refractivity contribution in [3.8, 4) is 6.07 Å². The molecule has 3 atom stereocenters. The molecule has 2 nitrogen and oxygen atoms in total. The first-order valence-electron chi connectivity index (χ1n) is 5.40. The molecule has 0 heterocycles. The molecule has 0 aliphatic heterocycles. The van der Waals surface area contributed by atoms with Crippen molar-refractivity contribution in [2.45, 2.75) is 37.9 Å². The monoisotopic (exact) mass is 213 g/mol. The van der Waals surface area contributed by atoms with Gasteiger partial charge in [0.1, 0.15) is 0 Å². The van der Waals surface area contributed by atoms with E-state index in [0.29, 0.717) is 5.25 Å². The third kappa shape index (κ3) is 3.51. The second-order valence-electron chi connectivity index (χ2n) is 4.14. The fourth-order valence-corrected chi connectivity index (χ4v) is 3.45. The molecule has 1 aliphatic rings. The van der Waals surface area contributed by atoms with Gasteiger partial charge in [-0.1, -0.05) is 6.92 Å². The van der Waals surface area contributed by atoms with Gasteiger partial charge in [0.25, 0.3) is 0 Å². The molecule has 0 aromatic heterocycles. The number of hydrogen-bond acceptors (Lipinski definition) is 3. The number of hydrogen-bond donors (Lipinski definition) is 1. The summed E-state index contributed by atoms with van der Waals surface area (Å²) in [7, 11) is 0. The van der Waals surface area contributed by atoms with E-state index in [1.165, 1.54) is 12.8 Å². The molecule has 0 saturated heterocycles. The van der Waals surface area contributed by atoms with Crippen molar-refractivity contribution in [1.29, 1.82) is 5.26 Å². The lowest BCUT2D eigenvalue weighted by Gasteiger charge is -2.30. The maximum atomic E-state index is 8.99. The summed E-state index contributed by atoms with van der Waals surface area (Å²) in [6.45, 7) is 2.54. The van der Waals surface area contributed by atoms with Gasteiger partial charge in [-0.25, -0.2) is 0 Å². The van der Waals surface area contributed by atoms with E-state index < -0.39 is 0 Å². The molecule has 0 bridgehead atoms. The highest BCUT2D eigenvalue weighted by Crippen LogP contribution is 2.36. The predicted octanol–water partition coefficient (Wildman–Crippen LogP) is 2.43. The molecular weight excluding hydrogens is 194 g/mol. The second kappa shape index (κ2) is 6.31. The molecule has 80 valence electrons. The largest absolute Gasteiger partial charge is 0.396 e. The lowest BCUT2D eigenvalue weighted by Crippen LogP contribution is -2.25. The van der Waals surface area contributed by atoms with Gasteiger partial charge in [-0.15, -0.1) is 0 Å². The number of aliphatic hydroxyl groups excluding tert-OH is 1. The third-order valence-electron chi connectivity index (χ3n) is 2.85. The first-order valence-corrected chi connectivity index (χ1v) is 6.45. The van der Waals surface area contributed by atoms with Crippen LogP contribution in [0.2, 0.25) is 0 Å². The van der Waals surface area contributed by atoms with E-state index in [1.54, 1.807) is 0 Å². The molecule has 1 saturated carbocycles. The van der Waals surface area contributed by atoms with E-state index in [1.807, 2.05) is 11.8 Å². The summed E-state index contributed by atoms with van der Waals surface area (Å²) in [6.07, 6.45) is 4.30. The van der Waals surface area contributed by atoms with Crippen LogP contribution in [-0.4, -0.2) is 22.7 Å². The Balaban J connectivity index is 2.34. The van der Waals surface area contributed by atoms with Gasteiger partial charge in [-0.05, 0) is 37.4 Å².